The monoisotopic (exact) mass is 184 g/mol. The molecule has 0 aliphatic heterocycles. The van der Waals surface area contributed by atoms with Crippen molar-refractivity contribution < 1.29 is 8.78 Å². The Morgan fingerprint density at radius 3 is 2.50 bits per heavy atom. The van der Waals surface area contributed by atoms with Crippen LogP contribution in [-0.2, 0) is 0 Å². The molecular weight excluding hydrogens is 178 g/mol. The zero-order chi connectivity index (χ0) is 6.57. The highest BCUT2D eigenvalue weighted by Gasteiger charge is 2.04. The zero-order valence-corrected chi connectivity index (χ0v) is 6.08. The van der Waals surface area contributed by atoms with Gasteiger partial charge in [-0.2, -0.15) is 0 Å². The Balaban J connectivity index is 3.61. The first-order valence-electron chi connectivity index (χ1n) is 2.32. The van der Waals surface area contributed by atoms with Crippen LogP contribution in [-0.4, -0.2) is 5.08 Å². The number of rotatable bonds is 2. The minimum Gasteiger partial charge on any atom is -0.227 e. The third-order valence-corrected chi connectivity index (χ3v) is 1.04. The second-order valence-corrected chi connectivity index (χ2v) is 2.10. The minimum absolute atomic E-state index is 0.526. The molecule has 48 valence electrons. The quantitative estimate of drug-likeness (QED) is 0.580. The van der Waals surface area contributed by atoms with Crippen molar-refractivity contribution in [3.05, 3.63) is 11.9 Å². The van der Waals surface area contributed by atoms with Gasteiger partial charge in [-0.05, 0) is 28.4 Å². The molecule has 0 rings (SSSR count). The number of hydrogen-bond acceptors (Lipinski definition) is 0. The first-order valence-corrected chi connectivity index (χ1v) is 3.23. The van der Waals surface area contributed by atoms with Crippen LogP contribution < -0.4 is 0 Å². The summed E-state index contributed by atoms with van der Waals surface area (Å²) < 4.78 is 23.7. The maximum Gasteiger partial charge on any atom is 0.205 e. The van der Waals surface area contributed by atoms with Gasteiger partial charge in [-0.3, -0.25) is 0 Å². The van der Waals surface area contributed by atoms with Gasteiger partial charge in [-0.25, -0.2) is 8.78 Å². The molecule has 0 radical (unpaired) electrons. The van der Waals surface area contributed by atoms with Crippen LogP contribution in [0, 0.1) is 0 Å². The molecule has 0 nitrogen and oxygen atoms in total. The maximum absolute atomic E-state index is 12.0. The molecule has 0 spiro atoms. The van der Waals surface area contributed by atoms with E-state index in [9.17, 15) is 8.78 Å². The van der Waals surface area contributed by atoms with E-state index in [-0.39, 0.29) is 0 Å². The van der Waals surface area contributed by atoms with E-state index in [1.165, 1.54) is 6.08 Å². The zero-order valence-electron chi connectivity index (χ0n) is 4.50. The SMILES string of the molecule is CCC=C(F)C(F)Br. The lowest BCUT2D eigenvalue weighted by Crippen LogP contribution is -1.85. The van der Waals surface area contributed by atoms with Crippen LogP contribution in [0.1, 0.15) is 13.3 Å². The second kappa shape index (κ2) is 4.01. The Bertz CT molecular complexity index is 88.4. The normalized spacial score (nSPS) is 16.2. The standard InChI is InChI=1S/C5H7BrF2/c1-2-3-4(7)5(6)8/h3,5H,2H2,1H3. The summed E-state index contributed by atoms with van der Waals surface area (Å²) in [5.41, 5.74) is 0. The predicted molar refractivity (Wildman–Crippen MR) is 33.3 cm³/mol. The van der Waals surface area contributed by atoms with Crippen molar-refractivity contribution in [2.24, 2.45) is 0 Å². The van der Waals surface area contributed by atoms with Gasteiger partial charge in [0.05, 0.1) is 0 Å². The third-order valence-electron chi connectivity index (χ3n) is 0.608. The number of hydrogen-bond donors (Lipinski definition) is 0. The van der Waals surface area contributed by atoms with Crippen molar-refractivity contribution in [1.82, 2.24) is 0 Å². The first-order chi connectivity index (χ1) is 3.68. The van der Waals surface area contributed by atoms with Gasteiger partial charge in [0.15, 0.2) is 0 Å². The number of alkyl halides is 2. The van der Waals surface area contributed by atoms with Crippen molar-refractivity contribution >= 4 is 15.9 Å². The summed E-state index contributed by atoms with van der Waals surface area (Å²) in [6.45, 7) is 1.74. The van der Waals surface area contributed by atoms with Gasteiger partial charge >= 0.3 is 0 Å². The molecule has 0 aromatic carbocycles. The van der Waals surface area contributed by atoms with E-state index in [4.69, 9.17) is 0 Å². The molecule has 1 atom stereocenters. The van der Waals surface area contributed by atoms with Gasteiger partial charge in [-0.1, -0.05) is 6.92 Å². The second-order valence-electron chi connectivity index (χ2n) is 1.30. The van der Waals surface area contributed by atoms with Crippen LogP contribution in [0.5, 0.6) is 0 Å². The van der Waals surface area contributed by atoms with Gasteiger partial charge < -0.3 is 0 Å². The van der Waals surface area contributed by atoms with Crippen molar-refractivity contribution in [3.63, 3.8) is 0 Å². The fraction of sp³-hybridized carbons (Fsp3) is 0.600. The molecule has 1 unspecified atom stereocenters. The largest absolute Gasteiger partial charge is 0.227 e. The van der Waals surface area contributed by atoms with Crippen molar-refractivity contribution in [2.75, 3.05) is 0 Å². The van der Waals surface area contributed by atoms with Gasteiger partial charge in [-0.15, -0.1) is 0 Å². The lowest BCUT2D eigenvalue weighted by molar-refractivity contribution is 0.430. The lowest BCUT2D eigenvalue weighted by atomic mass is 10.4. The van der Waals surface area contributed by atoms with Gasteiger partial charge in [0.1, 0.15) is 5.83 Å². The summed E-state index contributed by atoms with van der Waals surface area (Å²) in [5.74, 6) is -0.743. The molecule has 0 amide bonds. The Hall–Kier alpha value is 0.0800. The van der Waals surface area contributed by atoms with Gasteiger partial charge in [0.25, 0.3) is 0 Å². The topological polar surface area (TPSA) is 0 Å². The summed E-state index contributed by atoms with van der Waals surface area (Å²) in [6.07, 6.45) is 1.72. The Morgan fingerprint density at radius 2 is 2.38 bits per heavy atom. The van der Waals surface area contributed by atoms with Crippen LogP contribution in [0.3, 0.4) is 0 Å². The lowest BCUT2D eigenvalue weighted by Gasteiger charge is -1.91. The van der Waals surface area contributed by atoms with E-state index in [0.29, 0.717) is 6.42 Å². The molecule has 0 aromatic rings. The van der Waals surface area contributed by atoms with Crippen molar-refractivity contribution in [3.8, 4) is 0 Å². The van der Waals surface area contributed by atoms with Gasteiger partial charge in [0, 0.05) is 0 Å². The molecule has 0 saturated heterocycles. The molecule has 0 N–H and O–H groups in total. The van der Waals surface area contributed by atoms with E-state index in [1.54, 1.807) is 6.92 Å². The fourth-order valence-electron chi connectivity index (χ4n) is 0.284. The molecule has 0 fully saturated rings. The van der Waals surface area contributed by atoms with Crippen molar-refractivity contribution in [2.45, 2.75) is 18.4 Å². The van der Waals surface area contributed by atoms with E-state index >= 15 is 0 Å². The molecule has 0 saturated carbocycles. The first kappa shape index (κ1) is 8.08. The summed E-state index contributed by atoms with van der Waals surface area (Å²) in [7, 11) is 0. The fourth-order valence-corrected chi connectivity index (χ4v) is 0.471. The van der Waals surface area contributed by atoms with Gasteiger partial charge in [0.2, 0.25) is 5.08 Å². The maximum atomic E-state index is 12.0. The smallest absolute Gasteiger partial charge is 0.205 e. The average Bonchev–Trinajstić information content (AvgIpc) is 1.67. The molecule has 0 aromatic heterocycles. The summed E-state index contributed by atoms with van der Waals surface area (Å²) in [6, 6.07) is 0. The molecular formula is C5H7BrF2. The third kappa shape index (κ3) is 3.13. The minimum atomic E-state index is -1.62. The molecule has 0 bridgehead atoms. The van der Waals surface area contributed by atoms with E-state index < -0.39 is 10.9 Å². The molecule has 0 aliphatic rings. The average molecular weight is 185 g/mol. The number of halogens is 3. The van der Waals surface area contributed by atoms with Crippen LogP contribution in [0.2, 0.25) is 0 Å². The van der Waals surface area contributed by atoms with Crippen LogP contribution in [0.15, 0.2) is 11.9 Å². The summed E-state index contributed by atoms with van der Waals surface area (Å²) >= 11 is 2.43. The van der Waals surface area contributed by atoms with E-state index in [1.807, 2.05) is 0 Å². The van der Waals surface area contributed by atoms with E-state index in [0.717, 1.165) is 0 Å². The Kier molecular flexibility index (Phi) is 4.05. The highest BCUT2D eigenvalue weighted by molar-refractivity contribution is 9.09. The van der Waals surface area contributed by atoms with E-state index in [2.05, 4.69) is 15.9 Å². The highest BCUT2D eigenvalue weighted by Crippen LogP contribution is 2.14. The van der Waals surface area contributed by atoms with Crippen LogP contribution in [0.4, 0.5) is 8.78 Å². The Morgan fingerprint density at radius 1 is 1.88 bits per heavy atom. The van der Waals surface area contributed by atoms with Crippen LogP contribution >= 0.6 is 15.9 Å². The Labute approximate surface area is 55.7 Å². The molecule has 8 heavy (non-hydrogen) atoms. The predicted octanol–water partition coefficient (Wildman–Crippen LogP) is 2.94. The molecule has 3 heteroatoms. The summed E-state index contributed by atoms with van der Waals surface area (Å²) in [5, 5.41) is -1.62. The highest BCUT2D eigenvalue weighted by atomic mass is 79.9. The van der Waals surface area contributed by atoms with Crippen LogP contribution in [0.25, 0.3) is 0 Å². The molecule has 0 heterocycles. The number of allylic oxidation sites excluding steroid dienone is 2. The van der Waals surface area contributed by atoms with Crippen molar-refractivity contribution in [1.29, 1.82) is 0 Å². The molecule has 0 aliphatic carbocycles. The summed E-state index contributed by atoms with van der Waals surface area (Å²) in [4.78, 5) is 0.